The highest BCUT2D eigenvalue weighted by Crippen LogP contribution is 2.19. The highest BCUT2D eigenvalue weighted by atomic mass is 32.2. The van der Waals surface area contributed by atoms with Gasteiger partial charge >= 0.3 is 5.97 Å². The fourth-order valence-corrected chi connectivity index (χ4v) is 4.58. The summed E-state index contributed by atoms with van der Waals surface area (Å²) in [5, 5.41) is 0. The lowest BCUT2D eigenvalue weighted by molar-refractivity contribution is -0.151. The molecule has 32 heavy (non-hydrogen) atoms. The number of nitrogens with zero attached hydrogens (tertiary/aromatic N) is 2. The van der Waals surface area contributed by atoms with Crippen molar-refractivity contribution >= 4 is 27.8 Å². The molecule has 0 spiro atoms. The summed E-state index contributed by atoms with van der Waals surface area (Å²) in [6, 6.07) is 4.86. The van der Waals surface area contributed by atoms with E-state index in [4.69, 9.17) is 4.74 Å². The van der Waals surface area contributed by atoms with Crippen LogP contribution < -0.4 is 4.72 Å². The molecule has 0 saturated carbocycles. The van der Waals surface area contributed by atoms with Crippen molar-refractivity contribution in [3.8, 4) is 0 Å². The van der Waals surface area contributed by atoms with Gasteiger partial charge in [-0.25, -0.2) is 13.1 Å². The molecule has 0 unspecified atom stereocenters. The predicted molar refractivity (Wildman–Crippen MR) is 119 cm³/mol. The van der Waals surface area contributed by atoms with Crippen LogP contribution in [0.3, 0.4) is 0 Å². The summed E-state index contributed by atoms with van der Waals surface area (Å²) in [6.45, 7) is 6.58. The minimum Gasteiger partial charge on any atom is -0.466 e. The van der Waals surface area contributed by atoms with Crippen LogP contribution in [0.4, 0.5) is 0 Å². The number of carbonyl (C=O) groups is 3. The maximum absolute atomic E-state index is 12.5. The van der Waals surface area contributed by atoms with Crippen molar-refractivity contribution in [2.75, 3.05) is 39.8 Å². The molecule has 9 nitrogen and oxygen atoms in total. The zero-order valence-corrected chi connectivity index (χ0v) is 20.0. The Kier molecular flexibility index (Phi) is 9.21. The molecule has 1 fully saturated rings. The second-order valence-corrected chi connectivity index (χ2v) is 9.82. The Labute approximate surface area is 190 Å². The van der Waals surface area contributed by atoms with Crippen LogP contribution in [0.2, 0.25) is 0 Å². The number of likely N-dealkylation sites (N-methyl/N-ethyl adjacent to an activating group) is 1. The van der Waals surface area contributed by atoms with E-state index in [0.717, 1.165) is 11.1 Å². The van der Waals surface area contributed by atoms with E-state index in [1.54, 1.807) is 24.0 Å². The Hall–Kier alpha value is -2.46. The van der Waals surface area contributed by atoms with Crippen molar-refractivity contribution in [3.05, 3.63) is 29.3 Å². The highest BCUT2D eigenvalue weighted by molar-refractivity contribution is 7.89. The number of piperidine rings is 1. The van der Waals surface area contributed by atoms with Gasteiger partial charge in [-0.3, -0.25) is 14.4 Å². The van der Waals surface area contributed by atoms with Gasteiger partial charge in [0.25, 0.3) is 0 Å². The third-order valence-corrected chi connectivity index (χ3v) is 7.14. The molecule has 0 radical (unpaired) electrons. The van der Waals surface area contributed by atoms with Crippen molar-refractivity contribution < 1.29 is 27.5 Å². The molecule has 1 aliphatic rings. The standard InChI is InChI=1S/C22H33N3O6S/c1-5-31-22(28)18-9-12-25(13-10-18)21(27)15-24(4)20(26)8-11-23-32(29,30)19-7-6-16(2)17(3)14-19/h6-7,14,18,23H,5,8-13,15H2,1-4H3. The summed E-state index contributed by atoms with van der Waals surface area (Å²) in [4.78, 5) is 39.8. The van der Waals surface area contributed by atoms with Gasteiger partial charge in [-0.2, -0.15) is 0 Å². The molecule has 178 valence electrons. The van der Waals surface area contributed by atoms with Crippen molar-refractivity contribution in [2.45, 2.75) is 44.9 Å². The summed E-state index contributed by atoms with van der Waals surface area (Å²) in [5.74, 6) is -0.944. The molecule has 2 amide bonds. The first-order valence-corrected chi connectivity index (χ1v) is 12.3. The third-order valence-electron chi connectivity index (χ3n) is 5.69. The number of nitrogens with one attached hydrogen (secondary N) is 1. The molecular weight excluding hydrogens is 434 g/mol. The van der Waals surface area contributed by atoms with Gasteiger partial charge in [0.1, 0.15) is 0 Å². The van der Waals surface area contributed by atoms with E-state index in [1.807, 2.05) is 13.8 Å². The average molecular weight is 468 g/mol. The summed E-state index contributed by atoms with van der Waals surface area (Å²) < 4.78 is 32.3. The molecule has 0 aliphatic carbocycles. The number of likely N-dealkylation sites (tertiary alicyclic amines) is 1. The van der Waals surface area contributed by atoms with Crippen LogP contribution in [0.5, 0.6) is 0 Å². The van der Waals surface area contributed by atoms with Crippen molar-refractivity contribution in [3.63, 3.8) is 0 Å². The van der Waals surface area contributed by atoms with Gasteiger partial charge in [-0.05, 0) is 56.9 Å². The first kappa shape index (κ1) is 25.8. The number of sulfonamides is 1. The van der Waals surface area contributed by atoms with Crippen LogP contribution in [0.1, 0.15) is 37.3 Å². The number of esters is 1. The monoisotopic (exact) mass is 467 g/mol. The zero-order valence-electron chi connectivity index (χ0n) is 19.2. The number of amides is 2. The SMILES string of the molecule is CCOC(=O)C1CCN(C(=O)CN(C)C(=O)CCNS(=O)(=O)c2ccc(C)c(C)c2)CC1. The molecule has 1 aromatic carbocycles. The van der Waals surface area contributed by atoms with E-state index >= 15 is 0 Å². The number of carbonyl (C=O) groups excluding carboxylic acids is 3. The van der Waals surface area contributed by atoms with Crippen molar-refractivity contribution in [1.29, 1.82) is 0 Å². The quantitative estimate of drug-likeness (QED) is 0.547. The number of hydrogen-bond donors (Lipinski definition) is 1. The average Bonchev–Trinajstić information content (AvgIpc) is 2.75. The third kappa shape index (κ3) is 7.03. The van der Waals surface area contributed by atoms with Crippen molar-refractivity contribution in [2.24, 2.45) is 5.92 Å². The maximum Gasteiger partial charge on any atom is 0.309 e. The van der Waals surface area contributed by atoms with E-state index in [9.17, 15) is 22.8 Å². The fourth-order valence-electron chi connectivity index (χ4n) is 3.46. The molecule has 0 atom stereocenters. The first-order valence-electron chi connectivity index (χ1n) is 10.8. The smallest absolute Gasteiger partial charge is 0.309 e. The Morgan fingerprint density at radius 2 is 1.81 bits per heavy atom. The van der Waals surface area contributed by atoms with Gasteiger partial charge in [-0.15, -0.1) is 0 Å². The van der Waals surface area contributed by atoms with E-state index in [-0.39, 0.29) is 48.1 Å². The summed E-state index contributed by atoms with van der Waals surface area (Å²) in [7, 11) is -2.19. The highest BCUT2D eigenvalue weighted by Gasteiger charge is 2.29. The Morgan fingerprint density at radius 3 is 2.41 bits per heavy atom. The van der Waals surface area contributed by atoms with E-state index in [2.05, 4.69) is 4.72 Å². The van der Waals surface area contributed by atoms with Crippen LogP contribution in [-0.4, -0.2) is 75.8 Å². The number of rotatable bonds is 9. The lowest BCUT2D eigenvalue weighted by Gasteiger charge is -2.32. The lowest BCUT2D eigenvalue weighted by atomic mass is 9.97. The summed E-state index contributed by atoms with van der Waals surface area (Å²) in [6.07, 6.45) is 1.03. The lowest BCUT2D eigenvalue weighted by Crippen LogP contribution is -2.46. The number of ether oxygens (including phenoxy) is 1. The molecule has 1 aromatic rings. The Bertz CT molecular complexity index is 939. The molecule has 1 N–H and O–H groups in total. The Morgan fingerprint density at radius 1 is 1.16 bits per heavy atom. The molecule has 1 aliphatic heterocycles. The largest absolute Gasteiger partial charge is 0.466 e. The molecule has 1 heterocycles. The van der Waals surface area contributed by atoms with E-state index in [1.165, 1.54) is 18.0 Å². The second-order valence-electron chi connectivity index (χ2n) is 8.05. The van der Waals surface area contributed by atoms with Crippen LogP contribution in [-0.2, 0) is 29.1 Å². The second kappa shape index (κ2) is 11.4. The molecule has 2 rings (SSSR count). The van der Waals surface area contributed by atoms with Gasteiger partial charge in [-0.1, -0.05) is 6.07 Å². The van der Waals surface area contributed by atoms with Crippen LogP contribution >= 0.6 is 0 Å². The van der Waals surface area contributed by atoms with Gasteiger partial charge in [0, 0.05) is 33.1 Å². The topological polar surface area (TPSA) is 113 Å². The van der Waals surface area contributed by atoms with E-state index in [0.29, 0.717) is 32.5 Å². The molecule has 0 bridgehead atoms. The normalized spacial score (nSPS) is 14.8. The Balaban J connectivity index is 1.77. The van der Waals surface area contributed by atoms with E-state index < -0.39 is 10.0 Å². The predicted octanol–water partition coefficient (Wildman–Crippen LogP) is 1.23. The van der Waals surface area contributed by atoms with Crippen LogP contribution in [0.15, 0.2) is 23.1 Å². The van der Waals surface area contributed by atoms with Gasteiger partial charge < -0.3 is 14.5 Å². The molecule has 10 heteroatoms. The molecule has 1 saturated heterocycles. The minimum atomic E-state index is -3.71. The zero-order chi connectivity index (χ0) is 23.9. The van der Waals surface area contributed by atoms with Crippen LogP contribution in [0.25, 0.3) is 0 Å². The molecule has 0 aromatic heterocycles. The van der Waals surface area contributed by atoms with Crippen LogP contribution in [0, 0.1) is 19.8 Å². The van der Waals surface area contributed by atoms with Gasteiger partial charge in [0.2, 0.25) is 21.8 Å². The number of benzene rings is 1. The molecular formula is C22H33N3O6S. The van der Waals surface area contributed by atoms with Crippen molar-refractivity contribution in [1.82, 2.24) is 14.5 Å². The maximum atomic E-state index is 12.5. The summed E-state index contributed by atoms with van der Waals surface area (Å²) in [5.41, 5.74) is 1.86. The first-order chi connectivity index (χ1) is 15.0. The fraction of sp³-hybridized carbons (Fsp3) is 0.591. The minimum absolute atomic E-state index is 0.0568. The van der Waals surface area contributed by atoms with Gasteiger partial charge in [0.05, 0.1) is 24.0 Å². The summed E-state index contributed by atoms with van der Waals surface area (Å²) >= 11 is 0. The number of aryl methyl sites for hydroxylation is 2. The van der Waals surface area contributed by atoms with Gasteiger partial charge in [0.15, 0.2) is 0 Å². The number of hydrogen-bond acceptors (Lipinski definition) is 6.